The van der Waals surface area contributed by atoms with Gasteiger partial charge in [-0.05, 0) is 19.1 Å². The zero-order chi connectivity index (χ0) is 19.2. The van der Waals surface area contributed by atoms with Crippen LogP contribution < -0.4 is 10.9 Å². The highest BCUT2D eigenvalue weighted by atomic mass is 32.2. The predicted molar refractivity (Wildman–Crippen MR) is 102 cm³/mol. The van der Waals surface area contributed by atoms with Crippen LogP contribution in [0.4, 0.5) is 5.00 Å². The summed E-state index contributed by atoms with van der Waals surface area (Å²) in [7, 11) is 0. The van der Waals surface area contributed by atoms with E-state index in [1.807, 2.05) is 0 Å². The Bertz CT molecular complexity index is 994. The fraction of sp³-hybridized carbons (Fsp3) is 0.176. The van der Waals surface area contributed by atoms with Gasteiger partial charge in [-0.1, -0.05) is 11.8 Å². The number of esters is 1. The minimum atomic E-state index is -0.540. The summed E-state index contributed by atoms with van der Waals surface area (Å²) < 4.78 is 10.5. The van der Waals surface area contributed by atoms with Gasteiger partial charge < -0.3 is 19.5 Å². The normalized spacial score (nSPS) is 10.6. The van der Waals surface area contributed by atoms with Crippen LogP contribution in [0.2, 0.25) is 0 Å². The molecule has 0 aliphatic carbocycles. The van der Waals surface area contributed by atoms with E-state index in [0.717, 1.165) is 11.8 Å². The van der Waals surface area contributed by atoms with Crippen molar-refractivity contribution in [2.75, 3.05) is 17.7 Å². The van der Waals surface area contributed by atoms with Gasteiger partial charge in [0, 0.05) is 23.2 Å². The number of carbonyl (C=O) groups is 2. The Kier molecular flexibility index (Phi) is 6.09. The number of carbonyl (C=O) groups excluding carboxylic acids is 2. The molecular formula is C17H15N3O5S2. The van der Waals surface area contributed by atoms with E-state index >= 15 is 0 Å². The molecule has 0 saturated carbocycles. The first-order valence-electron chi connectivity index (χ1n) is 7.89. The van der Waals surface area contributed by atoms with E-state index in [0.29, 0.717) is 21.5 Å². The molecule has 0 unspecified atom stereocenters. The van der Waals surface area contributed by atoms with E-state index in [1.165, 1.54) is 29.9 Å². The van der Waals surface area contributed by atoms with Crippen LogP contribution in [-0.4, -0.2) is 34.2 Å². The molecule has 3 rings (SSSR count). The Labute approximate surface area is 162 Å². The Hall–Kier alpha value is -2.85. The molecule has 0 radical (unpaired) electrons. The number of anilines is 1. The maximum atomic E-state index is 12.4. The van der Waals surface area contributed by atoms with Crippen LogP contribution in [-0.2, 0) is 9.53 Å². The largest absolute Gasteiger partial charge is 0.464 e. The summed E-state index contributed by atoms with van der Waals surface area (Å²) in [5.74, 6) is -0.356. The zero-order valence-corrected chi connectivity index (χ0v) is 15.8. The van der Waals surface area contributed by atoms with Crippen molar-refractivity contribution in [3.05, 3.63) is 52.0 Å². The Morgan fingerprint density at radius 2 is 2.26 bits per heavy atom. The monoisotopic (exact) mass is 405 g/mol. The molecule has 3 aromatic rings. The number of hydrogen-bond acceptors (Lipinski definition) is 8. The van der Waals surface area contributed by atoms with Crippen LogP contribution in [0.3, 0.4) is 0 Å². The number of nitrogens with zero attached hydrogens (tertiary/aromatic N) is 1. The van der Waals surface area contributed by atoms with E-state index in [4.69, 9.17) is 9.15 Å². The van der Waals surface area contributed by atoms with Crippen LogP contribution in [0.5, 0.6) is 0 Å². The predicted octanol–water partition coefficient (Wildman–Crippen LogP) is 3.00. The lowest BCUT2D eigenvalue weighted by molar-refractivity contribution is -0.113. The van der Waals surface area contributed by atoms with Crippen molar-refractivity contribution in [3.63, 3.8) is 0 Å². The van der Waals surface area contributed by atoms with Crippen LogP contribution in [0.15, 0.2) is 50.4 Å². The molecule has 10 heteroatoms. The second-order valence-electron chi connectivity index (χ2n) is 5.13. The summed E-state index contributed by atoms with van der Waals surface area (Å²) in [6.07, 6.45) is 2.87. The van der Waals surface area contributed by atoms with Gasteiger partial charge in [0.05, 0.1) is 18.6 Å². The van der Waals surface area contributed by atoms with Gasteiger partial charge in [-0.15, -0.1) is 11.3 Å². The molecule has 0 spiro atoms. The molecule has 0 aliphatic heterocycles. The maximum absolute atomic E-state index is 12.4. The number of hydrogen-bond donors (Lipinski definition) is 2. The molecule has 3 aromatic heterocycles. The zero-order valence-electron chi connectivity index (χ0n) is 14.2. The highest BCUT2D eigenvalue weighted by Crippen LogP contribution is 2.36. The van der Waals surface area contributed by atoms with Crippen molar-refractivity contribution >= 4 is 40.0 Å². The van der Waals surface area contributed by atoms with Gasteiger partial charge >= 0.3 is 5.97 Å². The molecule has 0 saturated heterocycles. The van der Waals surface area contributed by atoms with Gasteiger partial charge in [0.25, 0.3) is 5.56 Å². The first kappa shape index (κ1) is 18.9. The minimum absolute atomic E-state index is 0.0171. The van der Waals surface area contributed by atoms with Gasteiger partial charge in [-0.25, -0.2) is 9.78 Å². The van der Waals surface area contributed by atoms with Crippen molar-refractivity contribution in [1.29, 1.82) is 0 Å². The smallest absolute Gasteiger partial charge is 0.341 e. The van der Waals surface area contributed by atoms with Crippen LogP contribution >= 0.6 is 23.1 Å². The van der Waals surface area contributed by atoms with Gasteiger partial charge in [-0.3, -0.25) is 9.59 Å². The number of nitrogens with one attached hydrogen (secondary N) is 2. The average Bonchev–Trinajstić information content (AvgIpc) is 3.29. The maximum Gasteiger partial charge on any atom is 0.341 e. The molecule has 1 amide bonds. The van der Waals surface area contributed by atoms with E-state index < -0.39 is 5.97 Å². The summed E-state index contributed by atoms with van der Waals surface area (Å²) in [6, 6.07) is 4.73. The molecule has 0 bridgehead atoms. The summed E-state index contributed by atoms with van der Waals surface area (Å²) in [5.41, 5.74) is 0.515. The number of ether oxygens (including phenoxy) is 1. The molecule has 0 fully saturated rings. The highest BCUT2D eigenvalue weighted by molar-refractivity contribution is 7.99. The second-order valence-corrected chi connectivity index (χ2v) is 6.97. The quantitative estimate of drug-likeness (QED) is 0.353. The van der Waals surface area contributed by atoms with E-state index in [1.54, 1.807) is 24.4 Å². The van der Waals surface area contributed by atoms with E-state index in [-0.39, 0.29) is 29.4 Å². The van der Waals surface area contributed by atoms with Crippen molar-refractivity contribution in [3.8, 4) is 11.3 Å². The van der Waals surface area contributed by atoms with Crippen LogP contribution in [0, 0.1) is 0 Å². The second kappa shape index (κ2) is 8.69. The Morgan fingerprint density at radius 1 is 1.41 bits per heavy atom. The summed E-state index contributed by atoms with van der Waals surface area (Å²) in [6.45, 7) is 1.92. The fourth-order valence-corrected chi connectivity index (χ4v) is 3.79. The Balaban J connectivity index is 1.76. The van der Waals surface area contributed by atoms with Gasteiger partial charge in [0.2, 0.25) is 5.91 Å². The first-order chi connectivity index (χ1) is 13.1. The molecule has 8 nitrogen and oxygen atoms in total. The van der Waals surface area contributed by atoms with Crippen LogP contribution in [0.1, 0.15) is 17.3 Å². The van der Waals surface area contributed by atoms with Gasteiger partial charge in [0.15, 0.2) is 5.16 Å². The molecular weight excluding hydrogens is 390 g/mol. The molecule has 27 heavy (non-hydrogen) atoms. The van der Waals surface area contributed by atoms with E-state index in [2.05, 4.69) is 15.3 Å². The topological polar surface area (TPSA) is 114 Å². The molecule has 0 atom stereocenters. The summed E-state index contributed by atoms with van der Waals surface area (Å²) in [4.78, 5) is 42.4. The standard InChI is InChI=1S/C17H15N3O5S2/c1-2-24-16(23)14-10(11-4-3-7-25-11)8-26-15(14)19-13(22)9-27-17-18-6-5-12(21)20-17/h3-8H,2,9H2,1H3,(H,19,22)(H,18,20,21). The number of aromatic nitrogens is 2. The number of H-pyrrole nitrogens is 1. The molecule has 0 aliphatic rings. The summed E-state index contributed by atoms with van der Waals surface area (Å²) in [5, 5.41) is 5.15. The van der Waals surface area contributed by atoms with Gasteiger partial charge in [0.1, 0.15) is 16.3 Å². The average molecular weight is 405 g/mol. The highest BCUT2D eigenvalue weighted by Gasteiger charge is 2.24. The number of thiophene rings is 1. The minimum Gasteiger partial charge on any atom is -0.464 e. The summed E-state index contributed by atoms with van der Waals surface area (Å²) >= 11 is 2.29. The lowest BCUT2D eigenvalue weighted by Gasteiger charge is -2.07. The molecule has 140 valence electrons. The number of rotatable bonds is 7. The number of aromatic amines is 1. The van der Waals surface area contributed by atoms with Gasteiger partial charge in [-0.2, -0.15) is 0 Å². The van der Waals surface area contributed by atoms with E-state index in [9.17, 15) is 14.4 Å². The number of furan rings is 1. The molecule has 2 N–H and O–H groups in total. The van der Waals surface area contributed by atoms with Crippen molar-refractivity contribution in [1.82, 2.24) is 9.97 Å². The fourth-order valence-electron chi connectivity index (χ4n) is 2.19. The third kappa shape index (κ3) is 4.66. The third-order valence-electron chi connectivity index (χ3n) is 3.30. The lowest BCUT2D eigenvalue weighted by atomic mass is 10.1. The van der Waals surface area contributed by atoms with Crippen molar-refractivity contribution in [2.24, 2.45) is 0 Å². The number of amides is 1. The van der Waals surface area contributed by atoms with Crippen LogP contribution in [0.25, 0.3) is 11.3 Å². The van der Waals surface area contributed by atoms with Crippen molar-refractivity contribution in [2.45, 2.75) is 12.1 Å². The SMILES string of the molecule is CCOC(=O)c1c(-c2ccco2)csc1NC(=O)CSc1nccc(=O)[nH]1. The number of thioether (sulfide) groups is 1. The molecule has 3 heterocycles. The lowest BCUT2D eigenvalue weighted by Crippen LogP contribution is -2.17. The Morgan fingerprint density at radius 3 is 2.96 bits per heavy atom. The van der Waals surface area contributed by atoms with Crippen molar-refractivity contribution < 1.29 is 18.7 Å². The first-order valence-corrected chi connectivity index (χ1v) is 9.75. The third-order valence-corrected chi connectivity index (χ3v) is 5.08. The molecule has 0 aromatic carbocycles.